The van der Waals surface area contributed by atoms with Crippen LogP contribution in [0.3, 0.4) is 0 Å². The van der Waals surface area contributed by atoms with Gasteiger partial charge in [0.15, 0.2) is 11.6 Å². The van der Waals surface area contributed by atoms with Crippen molar-refractivity contribution >= 4 is 51.2 Å². The minimum Gasteiger partial charge on any atom is -0.278 e. The van der Waals surface area contributed by atoms with E-state index in [4.69, 9.17) is 15.0 Å². The van der Waals surface area contributed by atoms with Crippen LogP contribution >= 0.6 is 0 Å². The van der Waals surface area contributed by atoms with Crippen LogP contribution in [0, 0.1) is 41.5 Å². The van der Waals surface area contributed by atoms with Gasteiger partial charge in [-0.15, -0.1) is 0 Å². The standard InChI is InChI=1S/C67H55BN4/c1-44-40-46(3)63(47(4)41-44)68(64-48(5)42-45(2)43-49(64)6)61-38-39-62(60-29-19-18-28-59(60)61)72(56-36-34-51(35-37-56)50-20-10-7-11-21-50)67-70-65(54-24-14-9-15-25-54)69-66(71-67)55-32-30-53(31-33-55)58-27-17-16-26-57(58)52-22-12-8-13-23-52/h7-43H,1-6H3. The second-order valence-electron chi connectivity index (χ2n) is 19.2. The Bertz CT molecular complexity index is 3640. The Morgan fingerprint density at radius 3 is 1.25 bits per heavy atom. The summed E-state index contributed by atoms with van der Waals surface area (Å²) in [7, 11) is 0. The molecule has 0 aliphatic heterocycles. The van der Waals surface area contributed by atoms with E-state index in [1.165, 1.54) is 71.8 Å². The highest BCUT2D eigenvalue weighted by atomic mass is 15.3. The van der Waals surface area contributed by atoms with Crippen LogP contribution in [0.4, 0.5) is 17.3 Å². The van der Waals surface area contributed by atoms with Crippen LogP contribution < -0.4 is 21.3 Å². The zero-order valence-electron chi connectivity index (χ0n) is 41.7. The predicted molar refractivity (Wildman–Crippen MR) is 305 cm³/mol. The number of aryl methyl sites for hydroxylation is 6. The summed E-state index contributed by atoms with van der Waals surface area (Å²) in [5.41, 5.74) is 22.3. The summed E-state index contributed by atoms with van der Waals surface area (Å²) in [6, 6.07) is 80.2. The van der Waals surface area contributed by atoms with Crippen molar-refractivity contribution < 1.29 is 0 Å². The summed E-state index contributed by atoms with van der Waals surface area (Å²) in [5, 5.41) is 2.27. The molecule has 1 heterocycles. The highest BCUT2D eigenvalue weighted by molar-refractivity contribution is 6.98. The number of anilines is 3. The molecule has 0 amide bonds. The zero-order valence-corrected chi connectivity index (χ0v) is 41.7. The van der Waals surface area contributed by atoms with E-state index in [9.17, 15) is 0 Å². The second kappa shape index (κ2) is 19.6. The van der Waals surface area contributed by atoms with Crippen LogP contribution in [0.1, 0.15) is 33.4 Å². The van der Waals surface area contributed by atoms with Crippen LogP contribution in [-0.4, -0.2) is 21.7 Å². The Morgan fingerprint density at radius 1 is 0.333 bits per heavy atom. The first kappa shape index (κ1) is 45.8. The van der Waals surface area contributed by atoms with Gasteiger partial charge >= 0.3 is 0 Å². The smallest absolute Gasteiger partial charge is 0.243 e. The number of benzene rings is 10. The first-order valence-electron chi connectivity index (χ1n) is 24.9. The molecular formula is C67H55BN4. The van der Waals surface area contributed by atoms with Gasteiger partial charge < -0.3 is 0 Å². The molecule has 11 rings (SSSR count). The molecule has 72 heavy (non-hydrogen) atoms. The molecule has 0 fully saturated rings. The molecule has 1 aromatic heterocycles. The normalized spacial score (nSPS) is 11.2. The van der Waals surface area contributed by atoms with Crippen molar-refractivity contribution in [1.29, 1.82) is 0 Å². The van der Waals surface area contributed by atoms with Gasteiger partial charge in [0, 0.05) is 22.2 Å². The molecule has 0 radical (unpaired) electrons. The van der Waals surface area contributed by atoms with E-state index < -0.39 is 0 Å². The number of fused-ring (bicyclic) bond motifs is 1. The lowest BCUT2D eigenvalue weighted by atomic mass is 9.33. The monoisotopic (exact) mass is 926 g/mol. The molecule has 11 aromatic rings. The van der Waals surface area contributed by atoms with Crippen molar-refractivity contribution in [3.8, 4) is 56.2 Å². The maximum Gasteiger partial charge on any atom is 0.243 e. The molecule has 0 atom stereocenters. The largest absolute Gasteiger partial charge is 0.278 e. The van der Waals surface area contributed by atoms with E-state index in [-0.39, 0.29) is 6.71 Å². The van der Waals surface area contributed by atoms with Crippen LogP contribution in [0.25, 0.3) is 66.9 Å². The van der Waals surface area contributed by atoms with Crippen molar-refractivity contribution in [3.63, 3.8) is 0 Å². The molecule has 0 N–H and O–H groups in total. The Morgan fingerprint density at radius 2 is 0.722 bits per heavy atom. The SMILES string of the molecule is Cc1cc(C)c(B(c2c(C)cc(C)cc2C)c2ccc(N(c3ccc(-c4ccccc4)cc3)c3nc(-c4ccccc4)nc(-c4ccc(-c5ccccc5-c5ccccc5)cc4)n3)c3ccccc23)c(C)c1. The molecule has 0 bridgehead atoms. The summed E-state index contributed by atoms with van der Waals surface area (Å²) < 4.78 is 0. The molecule has 0 aliphatic rings. The highest BCUT2D eigenvalue weighted by Crippen LogP contribution is 2.40. The van der Waals surface area contributed by atoms with Gasteiger partial charge in [0.1, 0.15) is 0 Å². The lowest BCUT2D eigenvalue weighted by molar-refractivity contribution is 1.02. The number of aromatic nitrogens is 3. The van der Waals surface area contributed by atoms with Crippen LogP contribution in [0.5, 0.6) is 0 Å². The maximum atomic E-state index is 5.46. The van der Waals surface area contributed by atoms with Gasteiger partial charge in [0.05, 0.1) is 5.69 Å². The molecule has 0 saturated heterocycles. The lowest BCUT2D eigenvalue weighted by Gasteiger charge is -2.29. The number of nitrogens with zero attached hydrogens (tertiary/aromatic N) is 4. The third-order valence-electron chi connectivity index (χ3n) is 14.1. The van der Waals surface area contributed by atoms with Crippen molar-refractivity contribution in [3.05, 3.63) is 258 Å². The molecular weight excluding hydrogens is 872 g/mol. The zero-order chi connectivity index (χ0) is 49.3. The Kier molecular flexibility index (Phi) is 12.5. The van der Waals surface area contributed by atoms with E-state index in [2.05, 4.69) is 253 Å². The Hall–Kier alpha value is -8.67. The molecule has 0 unspecified atom stereocenters. The first-order chi connectivity index (χ1) is 35.2. The average molecular weight is 927 g/mol. The van der Waals surface area contributed by atoms with Gasteiger partial charge in [-0.2, -0.15) is 9.97 Å². The fraction of sp³-hybridized carbons (Fsp3) is 0.0896. The van der Waals surface area contributed by atoms with Gasteiger partial charge in [-0.3, -0.25) is 4.90 Å². The van der Waals surface area contributed by atoms with Gasteiger partial charge in [0.2, 0.25) is 12.7 Å². The minimum absolute atomic E-state index is 0.0140. The molecule has 0 aliphatic carbocycles. The van der Waals surface area contributed by atoms with E-state index in [0.29, 0.717) is 17.6 Å². The summed E-state index contributed by atoms with van der Waals surface area (Å²) in [4.78, 5) is 18.3. The molecule has 10 aromatic carbocycles. The van der Waals surface area contributed by atoms with Gasteiger partial charge in [0.25, 0.3) is 0 Å². The summed E-state index contributed by atoms with van der Waals surface area (Å²) in [5.74, 6) is 1.70. The van der Waals surface area contributed by atoms with Crippen molar-refractivity contribution in [1.82, 2.24) is 15.0 Å². The fourth-order valence-electron chi connectivity index (χ4n) is 11.0. The lowest BCUT2D eigenvalue weighted by Crippen LogP contribution is -2.56. The quantitative estimate of drug-likeness (QED) is 0.121. The summed E-state index contributed by atoms with van der Waals surface area (Å²) in [6.07, 6.45) is 0. The van der Waals surface area contributed by atoms with E-state index in [0.717, 1.165) is 44.6 Å². The Balaban J connectivity index is 1.12. The van der Waals surface area contributed by atoms with Crippen molar-refractivity contribution in [2.24, 2.45) is 0 Å². The number of hydrogen-bond acceptors (Lipinski definition) is 4. The van der Waals surface area contributed by atoms with E-state index in [1.54, 1.807) is 0 Å². The van der Waals surface area contributed by atoms with Crippen molar-refractivity contribution in [2.45, 2.75) is 41.5 Å². The van der Waals surface area contributed by atoms with E-state index >= 15 is 0 Å². The van der Waals surface area contributed by atoms with Crippen LogP contribution in [0.15, 0.2) is 224 Å². The number of rotatable bonds is 11. The minimum atomic E-state index is -0.0140. The molecule has 0 saturated carbocycles. The van der Waals surface area contributed by atoms with Crippen molar-refractivity contribution in [2.75, 3.05) is 4.90 Å². The predicted octanol–water partition coefficient (Wildman–Crippen LogP) is 15.2. The van der Waals surface area contributed by atoms with Crippen LogP contribution in [-0.2, 0) is 0 Å². The van der Waals surface area contributed by atoms with Gasteiger partial charge in [-0.25, -0.2) is 4.98 Å². The molecule has 0 spiro atoms. The number of hydrogen-bond donors (Lipinski definition) is 0. The summed E-state index contributed by atoms with van der Waals surface area (Å²) >= 11 is 0. The second-order valence-corrected chi connectivity index (χ2v) is 19.2. The highest BCUT2D eigenvalue weighted by Gasteiger charge is 2.31. The van der Waals surface area contributed by atoms with Gasteiger partial charge in [-0.1, -0.05) is 256 Å². The summed E-state index contributed by atoms with van der Waals surface area (Å²) in [6.45, 7) is 13.5. The van der Waals surface area contributed by atoms with Gasteiger partial charge in [-0.05, 0) is 98.5 Å². The van der Waals surface area contributed by atoms with E-state index in [1.807, 2.05) is 18.2 Å². The molecule has 4 nitrogen and oxygen atoms in total. The molecule has 5 heteroatoms. The third kappa shape index (κ3) is 8.91. The fourth-order valence-corrected chi connectivity index (χ4v) is 11.0. The first-order valence-corrected chi connectivity index (χ1v) is 24.9. The average Bonchev–Trinajstić information content (AvgIpc) is 3.41. The van der Waals surface area contributed by atoms with Crippen LogP contribution in [0.2, 0.25) is 0 Å². The topological polar surface area (TPSA) is 41.9 Å². The Labute approximate surface area is 424 Å². The maximum absolute atomic E-state index is 5.46. The third-order valence-corrected chi connectivity index (χ3v) is 14.1. The molecule has 346 valence electrons.